The predicted molar refractivity (Wildman–Crippen MR) is 47.5 cm³/mol. The maximum atomic E-state index is 8.41. The first-order valence-electron chi connectivity index (χ1n) is 3.20. The second-order valence-electron chi connectivity index (χ2n) is 1.76. The van der Waals surface area contributed by atoms with Crippen molar-refractivity contribution in [3.8, 4) is 0 Å². The summed E-state index contributed by atoms with van der Waals surface area (Å²) in [6.45, 7) is 6.43. The second kappa shape index (κ2) is 6.83. The van der Waals surface area contributed by atoms with E-state index < -0.39 is 0 Å². The summed E-state index contributed by atoms with van der Waals surface area (Å²) < 4.78 is 0. The molecule has 0 heterocycles. The average molecular weight is 159 g/mol. The van der Waals surface area contributed by atoms with Gasteiger partial charge in [-0.25, -0.2) is 0 Å². The minimum atomic E-state index is 0.218. The Hall–Kier alpha value is -0.280. The van der Waals surface area contributed by atoms with Gasteiger partial charge in [-0.3, -0.25) is 4.99 Å². The molecule has 1 N–H and O–H groups in total. The topological polar surface area (TPSA) is 32.6 Å². The highest BCUT2D eigenvalue weighted by Gasteiger charge is 1.85. The van der Waals surface area contributed by atoms with E-state index in [4.69, 9.17) is 5.11 Å². The largest absolute Gasteiger partial charge is 0.396 e. The smallest absolute Gasteiger partial charge is 0.0686 e. The van der Waals surface area contributed by atoms with Crippen molar-refractivity contribution in [2.24, 2.45) is 4.99 Å². The highest BCUT2D eigenvalue weighted by Crippen LogP contribution is 2.03. The fraction of sp³-hybridized carbons (Fsp3) is 0.571. The molecule has 0 radical (unpaired) electrons. The van der Waals surface area contributed by atoms with Gasteiger partial charge in [0.15, 0.2) is 0 Å². The van der Waals surface area contributed by atoms with E-state index in [-0.39, 0.29) is 6.61 Å². The minimum absolute atomic E-state index is 0.218. The summed E-state index contributed by atoms with van der Waals surface area (Å²) in [7, 11) is 0. The number of nitrogens with zero attached hydrogens (tertiary/aromatic N) is 1. The van der Waals surface area contributed by atoms with Crippen molar-refractivity contribution in [1.29, 1.82) is 0 Å². The van der Waals surface area contributed by atoms with Crippen LogP contribution in [0.5, 0.6) is 0 Å². The highest BCUT2D eigenvalue weighted by atomic mass is 32.2. The third-order valence-corrected chi connectivity index (χ3v) is 1.54. The lowest BCUT2D eigenvalue weighted by atomic mass is 10.5. The lowest BCUT2D eigenvalue weighted by Crippen LogP contribution is -1.89. The van der Waals surface area contributed by atoms with Gasteiger partial charge in [0.2, 0.25) is 0 Å². The van der Waals surface area contributed by atoms with Gasteiger partial charge in [0.25, 0.3) is 0 Å². The van der Waals surface area contributed by atoms with Crippen molar-refractivity contribution in [1.82, 2.24) is 0 Å². The first-order chi connectivity index (χ1) is 4.81. The third kappa shape index (κ3) is 5.85. The number of aliphatic imine (C=N–C) groups is 1. The number of thioether (sulfide) groups is 1. The first kappa shape index (κ1) is 9.72. The summed E-state index contributed by atoms with van der Waals surface area (Å²) >= 11 is 1.51. The van der Waals surface area contributed by atoms with Gasteiger partial charge < -0.3 is 5.11 Å². The molecule has 0 rings (SSSR count). The number of hydrogen-bond donors (Lipinski definition) is 1. The molecule has 0 bridgehead atoms. The van der Waals surface area contributed by atoms with Gasteiger partial charge in [-0.05, 0) is 18.8 Å². The number of aliphatic hydroxyl groups excluding tert-OH is 1. The summed E-state index contributed by atoms with van der Waals surface area (Å²) in [5, 5.41) is 11.2. The molecule has 0 aliphatic carbocycles. The molecule has 0 unspecified atom stereocenters. The van der Waals surface area contributed by atoms with Crippen LogP contribution in [-0.2, 0) is 0 Å². The van der Waals surface area contributed by atoms with Crippen LogP contribution >= 0.6 is 11.8 Å². The quantitative estimate of drug-likeness (QED) is 0.384. The summed E-state index contributed by atoms with van der Waals surface area (Å²) in [5.74, 6) is 0. The Bertz CT molecular complexity index is 123. The Morgan fingerprint density at radius 1 is 1.80 bits per heavy atom. The fourth-order valence-electron chi connectivity index (χ4n) is 0.465. The molecular formula is C7H13NOS. The molecule has 10 heavy (non-hydrogen) atoms. The standard InChI is InChI=1S/C7H13NOS/c1-3-10-7(2)8-5-4-6-9/h3,9H,1,4-6H2,2H3/b8-7-. The Labute approximate surface area is 66.1 Å². The number of hydrogen-bond acceptors (Lipinski definition) is 3. The van der Waals surface area contributed by atoms with Crippen LogP contribution in [0.1, 0.15) is 13.3 Å². The monoisotopic (exact) mass is 159 g/mol. The van der Waals surface area contributed by atoms with Gasteiger partial charge in [-0.15, -0.1) is 0 Å². The summed E-state index contributed by atoms with van der Waals surface area (Å²) in [6.07, 6.45) is 0.745. The van der Waals surface area contributed by atoms with E-state index in [9.17, 15) is 0 Å². The zero-order chi connectivity index (χ0) is 7.82. The Morgan fingerprint density at radius 3 is 3.00 bits per heavy atom. The molecule has 0 atom stereocenters. The van der Waals surface area contributed by atoms with E-state index in [1.807, 2.05) is 6.92 Å². The molecule has 0 spiro atoms. The van der Waals surface area contributed by atoms with Crippen LogP contribution < -0.4 is 0 Å². The maximum Gasteiger partial charge on any atom is 0.0686 e. The van der Waals surface area contributed by atoms with E-state index in [0.29, 0.717) is 6.54 Å². The van der Waals surface area contributed by atoms with Crippen molar-refractivity contribution in [2.75, 3.05) is 13.2 Å². The maximum absolute atomic E-state index is 8.41. The molecule has 0 aliphatic heterocycles. The molecule has 0 saturated heterocycles. The van der Waals surface area contributed by atoms with Crippen LogP contribution in [0.4, 0.5) is 0 Å². The van der Waals surface area contributed by atoms with Crippen LogP contribution in [0.2, 0.25) is 0 Å². The Morgan fingerprint density at radius 2 is 2.50 bits per heavy atom. The van der Waals surface area contributed by atoms with Gasteiger partial charge in [0.1, 0.15) is 0 Å². The van der Waals surface area contributed by atoms with Crippen LogP contribution in [0.3, 0.4) is 0 Å². The van der Waals surface area contributed by atoms with Crippen molar-refractivity contribution in [2.45, 2.75) is 13.3 Å². The lowest BCUT2D eigenvalue weighted by molar-refractivity contribution is 0.291. The average Bonchev–Trinajstić information content (AvgIpc) is 1.89. The molecular weight excluding hydrogens is 146 g/mol. The number of rotatable bonds is 4. The first-order valence-corrected chi connectivity index (χ1v) is 4.08. The molecule has 0 amide bonds. The van der Waals surface area contributed by atoms with Gasteiger partial charge in [0.05, 0.1) is 5.04 Å². The molecule has 0 aliphatic rings. The van der Waals surface area contributed by atoms with Gasteiger partial charge in [0, 0.05) is 13.2 Å². The lowest BCUT2D eigenvalue weighted by Gasteiger charge is -1.93. The van der Waals surface area contributed by atoms with E-state index in [1.54, 1.807) is 5.41 Å². The molecule has 58 valence electrons. The number of aliphatic hydroxyl groups is 1. The van der Waals surface area contributed by atoms with E-state index in [2.05, 4.69) is 11.6 Å². The molecule has 2 nitrogen and oxygen atoms in total. The molecule has 0 aromatic heterocycles. The predicted octanol–water partition coefficient (Wildman–Crippen LogP) is 1.66. The van der Waals surface area contributed by atoms with Crippen molar-refractivity contribution >= 4 is 16.8 Å². The van der Waals surface area contributed by atoms with Crippen LogP contribution in [0, 0.1) is 0 Å². The molecule has 0 fully saturated rings. The van der Waals surface area contributed by atoms with E-state index >= 15 is 0 Å². The summed E-state index contributed by atoms with van der Waals surface area (Å²) in [5.41, 5.74) is 0. The molecule has 3 heteroatoms. The molecule has 0 aromatic carbocycles. The Balaban J connectivity index is 3.37. The molecule has 0 aromatic rings. The normalized spacial score (nSPS) is 11.6. The molecule has 0 saturated carbocycles. The minimum Gasteiger partial charge on any atom is -0.396 e. The van der Waals surface area contributed by atoms with Crippen molar-refractivity contribution in [3.05, 3.63) is 12.0 Å². The van der Waals surface area contributed by atoms with Crippen LogP contribution in [0.15, 0.2) is 17.0 Å². The SMILES string of the molecule is C=CS/C(C)=N\CCCO. The fourth-order valence-corrected chi connectivity index (χ4v) is 0.872. The van der Waals surface area contributed by atoms with Gasteiger partial charge >= 0.3 is 0 Å². The zero-order valence-corrected chi connectivity index (χ0v) is 7.02. The van der Waals surface area contributed by atoms with Crippen molar-refractivity contribution < 1.29 is 5.11 Å². The second-order valence-corrected chi connectivity index (χ2v) is 2.92. The van der Waals surface area contributed by atoms with Crippen LogP contribution in [0.25, 0.3) is 0 Å². The summed E-state index contributed by atoms with van der Waals surface area (Å²) in [6, 6.07) is 0. The third-order valence-electron chi connectivity index (χ3n) is 0.905. The van der Waals surface area contributed by atoms with Gasteiger partial charge in [-0.2, -0.15) is 0 Å². The van der Waals surface area contributed by atoms with Crippen LogP contribution in [-0.4, -0.2) is 23.3 Å². The summed E-state index contributed by atoms with van der Waals surface area (Å²) in [4.78, 5) is 4.15. The van der Waals surface area contributed by atoms with Gasteiger partial charge in [-0.1, -0.05) is 18.3 Å². The Kier molecular flexibility index (Phi) is 6.64. The van der Waals surface area contributed by atoms with Crippen molar-refractivity contribution in [3.63, 3.8) is 0 Å². The van der Waals surface area contributed by atoms with E-state index in [1.165, 1.54) is 11.8 Å². The zero-order valence-electron chi connectivity index (χ0n) is 6.21. The van der Waals surface area contributed by atoms with E-state index in [0.717, 1.165) is 11.5 Å². The highest BCUT2D eigenvalue weighted by molar-refractivity contribution is 8.16.